The lowest BCUT2D eigenvalue weighted by Gasteiger charge is -2.05. The van der Waals surface area contributed by atoms with Crippen molar-refractivity contribution in [3.8, 4) is 0 Å². The molecule has 0 radical (unpaired) electrons. The van der Waals surface area contributed by atoms with Crippen molar-refractivity contribution in [3.05, 3.63) is 35.9 Å². The number of nitrogens with one attached hydrogen (secondary N) is 1. The number of nitrogens with two attached hydrogens (primary N) is 1. The number of amides is 1. The quantitative estimate of drug-likeness (QED) is 0.653. The molecular formula is C11H14N2O3. The summed E-state index contributed by atoms with van der Waals surface area (Å²) in [7, 11) is 0. The number of rotatable bonds is 6. The van der Waals surface area contributed by atoms with E-state index in [0.29, 0.717) is 0 Å². The number of ether oxygens (including phenoxy) is 1. The Hall–Kier alpha value is -1.88. The van der Waals surface area contributed by atoms with Gasteiger partial charge in [-0.2, -0.15) is 0 Å². The van der Waals surface area contributed by atoms with E-state index in [1.54, 1.807) is 0 Å². The number of benzene rings is 1. The lowest BCUT2D eigenvalue weighted by Crippen LogP contribution is -2.33. The van der Waals surface area contributed by atoms with E-state index >= 15 is 0 Å². The van der Waals surface area contributed by atoms with E-state index in [1.807, 2.05) is 30.3 Å². The summed E-state index contributed by atoms with van der Waals surface area (Å²) in [6, 6.07) is 9.36. The zero-order chi connectivity index (χ0) is 11.8. The summed E-state index contributed by atoms with van der Waals surface area (Å²) in [4.78, 5) is 21.5. The van der Waals surface area contributed by atoms with Crippen LogP contribution in [0.4, 0.5) is 0 Å². The summed E-state index contributed by atoms with van der Waals surface area (Å²) in [6.45, 7) is 0.189. The van der Waals surface area contributed by atoms with Gasteiger partial charge in [-0.05, 0) is 5.56 Å². The summed E-state index contributed by atoms with van der Waals surface area (Å²) in [6.07, 6.45) is 0. The maximum absolute atomic E-state index is 11.2. The Morgan fingerprint density at radius 2 is 1.88 bits per heavy atom. The smallest absolute Gasteiger partial charge is 0.320 e. The Morgan fingerprint density at radius 3 is 2.50 bits per heavy atom. The van der Waals surface area contributed by atoms with Crippen LogP contribution in [0.5, 0.6) is 0 Å². The molecule has 0 atom stereocenters. The number of esters is 1. The average Bonchev–Trinajstić information content (AvgIpc) is 2.27. The minimum atomic E-state index is -0.504. The van der Waals surface area contributed by atoms with Gasteiger partial charge in [0.1, 0.15) is 6.61 Å². The molecule has 0 aromatic heterocycles. The van der Waals surface area contributed by atoms with E-state index in [4.69, 9.17) is 10.5 Å². The van der Waals surface area contributed by atoms with Crippen LogP contribution < -0.4 is 11.1 Å². The molecule has 0 bridgehead atoms. The van der Waals surface area contributed by atoms with E-state index in [0.717, 1.165) is 5.56 Å². The van der Waals surface area contributed by atoms with Gasteiger partial charge in [-0.1, -0.05) is 30.3 Å². The molecule has 0 aliphatic rings. The van der Waals surface area contributed by atoms with Crippen LogP contribution in [0.15, 0.2) is 30.3 Å². The first-order valence-electron chi connectivity index (χ1n) is 4.87. The van der Waals surface area contributed by atoms with Crippen LogP contribution in [0, 0.1) is 0 Å². The van der Waals surface area contributed by atoms with Gasteiger partial charge in [-0.15, -0.1) is 0 Å². The van der Waals surface area contributed by atoms with E-state index in [1.165, 1.54) is 0 Å². The summed E-state index contributed by atoms with van der Waals surface area (Å²) < 4.78 is 4.96. The highest BCUT2D eigenvalue weighted by molar-refractivity contribution is 5.77. The van der Waals surface area contributed by atoms with Gasteiger partial charge < -0.3 is 10.5 Å². The average molecular weight is 222 g/mol. The minimum absolute atomic E-state index is 0.0181. The predicted octanol–water partition coefficient (Wildman–Crippen LogP) is -0.195. The minimum Gasteiger partial charge on any atom is -0.460 e. The number of carbonyl (C=O) groups excluding carboxylic acids is 2. The standard InChI is InChI=1S/C11H14N2O3/c12-10(14)6-13-7-11(15)16-8-9-4-2-1-3-5-9/h1-5,13H,6-8H2,(H2,12,14). The molecule has 0 unspecified atom stereocenters. The lowest BCUT2D eigenvalue weighted by molar-refractivity contribution is -0.143. The fourth-order valence-corrected chi connectivity index (χ4v) is 1.08. The normalized spacial score (nSPS) is 9.75. The molecule has 3 N–H and O–H groups in total. The Labute approximate surface area is 93.6 Å². The third kappa shape index (κ3) is 5.11. The van der Waals surface area contributed by atoms with Gasteiger partial charge in [0.15, 0.2) is 0 Å². The molecular weight excluding hydrogens is 208 g/mol. The molecule has 16 heavy (non-hydrogen) atoms. The second-order valence-electron chi connectivity index (χ2n) is 3.22. The van der Waals surface area contributed by atoms with Crippen LogP contribution in [-0.2, 0) is 20.9 Å². The second-order valence-corrected chi connectivity index (χ2v) is 3.22. The third-order valence-corrected chi connectivity index (χ3v) is 1.81. The van der Waals surface area contributed by atoms with Crippen molar-refractivity contribution in [3.63, 3.8) is 0 Å². The van der Waals surface area contributed by atoms with Crippen molar-refractivity contribution in [1.82, 2.24) is 5.32 Å². The van der Waals surface area contributed by atoms with E-state index < -0.39 is 11.9 Å². The molecule has 0 saturated carbocycles. The third-order valence-electron chi connectivity index (χ3n) is 1.81. The van der Waals surface area contributed by atoms with Gasteiger partial charge in [0.05, 0.1) is 13.1 Å². The molecule has 5 nitrogen and oxygen atoms in total. The van der Waals surface area contributed by atoms with Crippen molar-refractivity contribution in [2.75, 3.05) is 13.1 Å². The second kappa shape index (κ2) is 6.58. The van der Waals surface area contributed by atoms with Crippen molar-refractivity contribution in [2.45, 2.75) is 6.61 Å². The Kier molecular flexibility index (Phi) is 5.01. The Balaban J connectivity index is 2.18. The maximum Gasteiger partial charge on any atom is 0.320 e. The molecule has 0 fully saturated rings. The summed E-state index contributed by atoms with van der Waals surface area (Å²) >= 11 is 0. The van der Waals surface area contributed by atoms with Gasteiger partial charge in [0.2, 0.25) is 5.91 Å². The van der Waals surface area contributed by atoms with Gasteiger partial charge in [-0.3, -0.25) is 14.9 Å². The molecule has 0 heterocycles. The SMILES string of the molecule is NC(=O)CNCC(=O)OCc1ccccc1. The summed E-state index contributed by atoms with van der Waals surface area (Å²) in [5.41, 5.74) is 5.81. The largest absolute Gasteiger partial charge is 0.460 e. The maximum atomic E-state index is 11.2. The van der Waals surface area contributed by atoms with Crippen LogP contribution in [0.2, 0.25) is 0 Å². The Bertz CT molecular complexity index is 352. The molecule has 1 aromatic carbocycles. The molecule has 0 saturated heterocycles. The highest BCUT2D eigenvalue weighted by atomic mass is 16.5. The van der Waals surface area contributed by atoms with Crippen molar-refractivity contribution >= 4 is 11.9 Å². The Morgan fingerprint density at radius 1 is 1.19 bits per heavy atom. The molecule has 1 rings (SSSR count). The van der Waals surface area contributed by atoms with Gasteiger partial charge in [0.25, 0.3) is 0 Å². The first-order valence-corrected chi connectivity index (χ1v) is 4.87. The predicted molar refractivity (Wildman–Crippen MR) is 58.3 cm³/mol. The number of carbonyl (C=O) groups is 2. The fourth-order valence-electron chi connectivity index (χ4n) is 1.08. The monoisotopic (exact) mass is 222 g/mol. The molecule has 0 aliphatic heterocycles. The molecule has 5 heteroatoms. The fraction of sp³-hybridized carbons (Fsp3) is 0.273. The summed E-state index contributed by atoms with van der Waals surface area (Å²) in [5, 5.41) is 2.57. The zero-order valence-electron chi connectivity index (χ0n) is 8.81. The molecule has 1 amide bonds. The van der Waals surface area contributed by atoms with Crippen molar-refractivity contribution < 1.29 is 14.3 Å². The zero-order valence-corrected chi connectivity index (χ0v) is 8.81. The first kappa shape index (κ1) is 12.2. The van der Waals surface area contributed by atoms with Gasteiger partial charge in [-0.25, -0.2) is 0 Å². The van der Waals surface area contributed by atoms with Crippen LogP contribution in [-0.4, -0.2) is 25.0 Å². The number of hydrogen-bond donors (Lipinski definition) is 2. The van der Waals surface area contributed by atoms with Gasteiger partial charge >= 0.3 is 5.97 Å². The van der Waals surface area contributed by atoms with E-state index in [9.17, 15) is 9.59 Å². The molecule has 0 aliphatic carbocycles. The molecule has 1 aromatic rings. The summed E-state index contributed by atoms with van der Waals surface area (Å²) in [5.74, 6) is -0.916. The highest BCUT2D eigenvalue weighted by Gasteiger charge is 2.03. The highest BCUT2D eigenvalue weighted by Crippen LogP contribution is 2.00. The van der Waals surface area contributed by atoms with E-state index in [-0.39, 0.29) is 19.7 Å². The van der Waals surface area contributed by atoms with E-state index in [2.05, 4.69) is 5.32 Å². The number of primary amides is 1. The molecule has 86 valence electrons. The lowest BCUT2D eigenvalue weighted by atomic mass is 10.2. The van der Waals surface area contributed by atoms with Gasteiger partial charge in [0, 0.05) is 0 Å². The van der Waals surface area contributed by atoms with Crippen molar-refractivity contribution in [2.24, 2.45) is 5.73 Å². The van der Waals surface area contributed by atoms with Crippen LogP contribution in [0.25, 0.3) is 0 Å². The van der Waals surface area contributed by atoms with Crippen LogP contribution in [0.1, 0.15) is 5.56 Å². The topological polar surface area (TPSA) is 81.4 Å². The first-order chi connectivity index (χ1) is 7.68. The molecule has 0 spiro atoms. The van der Waals surface area contributed by atoms with Crippen molar-refractivity contribution in [1.29, 1.82) is 0 Å². The van der Waals surface area contributed by atoms with Crippen LogP contribution >= 0.6 is 0 Å². The van der Waals surface area contributed by atoms with Crippen LogP contribution in [0.3, 0.4) is 0 Å². The number of hydrogen-bond acceptors (Lipinski definition) is 4.